The number of aliphatic hydroxyl groups is 1. The summed E-state index contributed by atoms with van der Waals surface area (Å²) in [4.78, 5) is 25.4. The minimum absolute atomic E-state index is 0.0232. The predicted molar refractivity (Wildman–Crippen MR) is 283 cm³/mol. The second-order valence-electron chi connectivity index (χ2n) is 18.1. The molecule has 0 saturated heterocycles. The molecule has 0 aliphatic heterocycles. The summed E-state index contributed by atoms with van der Waals surface area (Å²) in [7, 11) is 1.19. The molecule has 3 atom stereocenters. The zero-order chi connectivity index (χ0) is 48.5. The monoisotopic (exact) mass is 937 g/mol. The second-order valence-corrected chi connectivity index (χ2v) is 19.5. The van der Waals surface area contributed by atoms with E-state index in [1.165, 1.54) is 64.2 Å². The van der Waals surface area contributed by atoms with Crippen LogP contribution >= 0.6 is 7.82 Å². The molecule has 0 aromatic heterocycles. The fraction of sp³-hybridized carbons (Fsp3) is 0.632. The van der Waals surface area contributed by atoms with Gasteiger partial charge < -0.3 is 28.8 Å². The molecule has 66 heavy (non-hydrogen) atoms. The minimum Gasteiger partial charge on any atom is -0.756 e. The third kappa shape index (κ3) is 48.8. The molecule has 0 aromatic rings. The highest BCUT2D eigenvalue weighted by molar-refractivity contribution is 7.45. The molecule has 0 aliphatic carbocycles. The highest BCUT2D eigenvalue weighted by atomic mass is 31.2. The maximum absolute atomic E-state index is 12.9. The molecule has 0 bridgehead atoms. The van der Waals surface area contributed by atoms with Gasteiger partial charge in [-0.2, -0.15) is 0 Å². The number of hydrogen-bond donors (Lipinski definition) is 2. The largest absolute Gasteiger partial charge is 0.756 e. The van der Waals surface area contributed by atoms with Crippen LogP contribution in [-0.2, 0) is 18.4 Å². The first-order valence-electron chi connectivity index (χ1n) is 25.9. The highest BCUT2D eigenvalue weighted by Crippen LogP contribution is 2.38. The Morgan fingerprint density at radius 2 is 0.939 bits per heavy atom. The maximum atomic E-state index is 12.9. The van der Waals surface area contributed by atoms with Gasteiger partial charge in [0.05, 0.1) is 39.9 Å². The molecule has 0 fully saturated rings. The Morgan fingerprint density at radius 3 is 1.41 bits per heavy atom. The van der Waals surface area contributed by atoms with E-state index in [-0.39, 0.29) is 18.9 Å². The number of unbranched alkanes of at least 4 members (excludes halogenated alkanes) is 14. The van der Waals surface area contributed by atoms with Gasteiger partial charge in [0.25, 0.3) is 7.82 Å². The zero-order valence-electron chi connectivity index (χ0n) is 42.6. The van der Waals surface area contributed by atoms with E-state index in [1.54, 1.807) is 6.08 Å². The van der Waals surface area contributed by atoms with Crippen molar-refractivity contribution < 1.29 is 32.9 Å². The molecule has 1 amide bonds. The summed E-state index contributed by atoms with van der Waals surface area (Å²) in [6, 6.07) is -0.937. The van der Waals surface area contributed by atoms with Crippen LogP contribution in [0.5, 0.6) is 0 Å². The number of nitrogens with one attached hydrogen (secondary N) is 1. The number of likely N-dealkylation sites (N-methyl/N-ethyl adjacent to an activating group) is 1. The van der Waals surface area contributed by atoms with Crippen LogP contribution in [0.15, 0.2) is 122 Å². The van der Waals surface area contributed by atoms with Gasteiger partial charge in [-0.1, -0.05) is 193 Å². The van der Waals surface area contributed by atoms with Gasteiger partial charge in [0, 0.05) is 6.42 Å². The van der Waals surface area contributed by atoms with Gasteiger partial charge in [0.15, 0.2) is 0 Å². The van der Waals surface area contributed by atoms with Crippen molar-refractivity contribution >= 4 is 13.7 Å². The molecular weight excluding hydrogens is 840 g/mol. The molecule has 0 radical (unpaired) electrons. The van der Waals surface area contributed by atoms with Gasteiger partial charge in [-0.05, 0) is 103 Å². The number of amides is 1. The standard InChI is InChI=1S/C57H97N2O6P/c1-6-8-10-12-14-16-18-20-22-24-26-27-28-29-30-31-33-35-37-39-41-43-45-47-49-51-57(61)58-55(54-65-66(62,63)64-53-52-59(3,4)5)56(60)50-48-46-44-42-40-38-36-34-32-25-23-21-19-17-15-13-11-9-7-2/h8,10,14,16,20,22,26-27,29-30,32-35,39-42,48,50,55-56,60H,6-7,9,11-13,15,17-19,21,23-25,28,31,36-38,43-47,49,51-54H2,1-5H3,(H-,58,61,62,63)/b10-8-,16-14-,22-20-,27-26-,30-29-,34-32+,35-33-,41-39-,42-40+,50-48+. The lowest BCUT2D eigenvalue weighted by molar-refractivity contribution is -0.870. The average molecular weight is 937 g/mol. The molecular formula is C57H97N2O6P. The molecule has 0 aromatic carbocycles. The summed E-state index contributed by atoms with van der Waals surface area (Å²) < 4.78 is 23.2. The van der Waals surface area contributed by atoms with Gasteiger partial charge in [0.2, 0.25) is 5.91 Å². The van der Waals surface area contributed by atoms with Gasteiger partial charge >= 0.3 is 0 Å². The van der Waals surface area contributed by atoms with Crippen molar-refractivity contribution in [1.29, 1.82) is 0 Å². The van der Waals surface area contributed by atoms with Crippen molar-refractivity contribution in [3.05, 3.63) is 122 Å². The predicted octanol–water partition coefficient (Wildman–Crippen LogP) is 14.8. The van der Waals surface area contributed by atoms with E-state index in [2.05, 4.69) is 129 Å². The van der Waals surface area contributed by atoms with Crippen LogP contribution in [0.3, 0.4) is 0 Å². The van der Waals surface area contributed by atoms with E-state index in [0.717, 1.165) is 83.5 Å². The van der Waals surface area contributed by atoms with Crippen molar-refractivity contribution in [2.75, 3.05) is 40.9 Å². The normalized spacial score (nSPS) is 15.1. The first-order chi connectivity index (χ1) is 32.0. The van der Waals surface area contributed by atoms with Crippen LogP contribution in [0.25, 0.3) is 0 Å². The highest BCUT2D eigenvalue weighted by Gasteiger charge is 2.23. The quantitative estimate of drug-likeness (QED) is 0.0273. The van der Waals surface area contributed by atoms with Crippen molar-refractivity contribution in [1.82, 2.24) is 5.32 Å². The fourth-order valence-corrected chi connectivity index (χ4v) is 7.30. The third-order valence-electron chi connectivity index (χ3n) is 10.6. The van der Waals surface area contributed by atoms with Gasteiger partial charge in [-0.15, -0.1) is 0 Å². The van der Waals surface area contributed by atoms with Crippen LogP contribution in [0, 0.1) is 0 Å². The van der Waals surface area contributed by atoms with Crippen molar-refractivity contribution in [2.24, 2.45) is 0 Å². The third-order valence-corrected chi connectivity index (χ3v) is 11.6. The SMILES string of the molecule is CC/C=C\C/C=C\C/C=C\C/C=C\C/C=C\C/C=C\C/C=C\CCCCCC(=O)NC(COP(=O)([O-])OCC[N+](C)(C)C)C(O)/C=C/CC/C=C/CC/C=C/CCCCCCCCCCC. The summed E-state index contributed by atoms with van der Waals surface area (Å²) in [6.45, 7) is 4.45. The number of rotatable bonds is 45. The topological polar surface area (TPSA) is 108 Å². The van der Waals surface area contributed by atoms with E-state index in [0.29, 0.717) is 23.9 Å². The average Bonchev–Trinajstić information content (AvgIpc) is 3.28. The van der Waals surface area contributed by atoms with Crippen LogP contribution in [0.1, 0.15) is 181 Å². The van der Waals surface area contributed by atoms with Crippen molar-refractivity contribution in [2.45, 2.75) is 193 Å². The van der Waals surface area contributed by atoms with E-state index in [1.807, 2.05) is 27.2 Å². The first-order valence-corrected chi connectivity index (χ1v) is 27.4. The Labute approximate surface area is 405 Å². The Hall–Kier alpha value is -3.10. The number of phosphoric acid groups is 1. The van der Waals surface area contributed by atoms with E-state index in [9.17, 15) is 19.4 Å². The van der Waals surface area contributed by atoms with Crippen LogP contribution in [0.4, 0.5) is 0 Å². The Bertz CT molecular complexity index is 1480. The lowest BCUT2D eigenvalue weighted by atomic mass is 10.1. The molecule has 0 aliphatic rings. The van der Waals surface area contributed by atoms with Crippen molar-refractivity contribution in [3.8, 4) is 0 Å². The lowest BCUT2D eigenvalue weighted by Crippen LogP contribution is -2.45. The molecule has 9 heteroatoms. The van der Waals surface area contributed by atoms with Crippen molar-refractivity contribution in [3.63, 3.8) is 0 Å². The Morgan fingerprint density at radius 1 is 0.545 bits per heavy atom. The molecule has 0 heterocycles. The molecule has 2 N–H and O–H groups in total. The van der Waals surface area contributed by atoms with Gasteiger partial charge in [-0.3, -0.25) is 9.36 Å². The van der Waals surface area contributed by atoms with E-state index >= 15 is 0 Å². The van der Waals surface area contributed by atoms with Crippen LogP contribution < -0.4 is 10.2 Å². The van der Waals surface area contributed by atoms with Crippen LogP contribution in [0.2, 0.25) is 0 Å². The first kappa shape index (κ1) is 62.9. The van der Waals surface area contributed by atoms with E-state index in [4.69, 9.17) is 9.05 Å². The minimum atomic E-state index is -4.63. The molecule has 8 nitrogen and oxygen atoms in total. The maximum Gasteiger partial charge on any atom is 0.268 e. The van der Waals surface area contributed by atoms with Gasteiger partial charge in [-0.25, -0.2) is 0 Å². The number of quaternary nitrogens is 1. The fourth-order valence-electron chi connectivity index (χ4n) is 6.57. The summed E-state index contributed by atoms with van der Waals surface area (Å²) in [5, 5.41) is 13.8. The Kier molecular flexibility index (Phi) is 44.8. The van der Waals surface area contributed by atoms with Crippen LogP contribution in [-0.4, -0.2) is 68.5 Å². The lowest BCUT2D eigenvalue weighted by Gasteiger charge is -2.29. The summed E-state index contributed by atoms with van der Waals surface area (Å²) in [5.74, 6) is -0.249. The molecule has 0 saturated carbocycles. The zero-order valence-corrected chi connectivity index (χ0v) is 43.5. The second kappa shape index (κ2) is 47.0. The van der Waals surface area contributed by atoms with E-state index < -0.39 is 26.6 Å². The van der Waals surface area contributed by atoms with Gasteiger partial charge in [0.1, 0.15) is 13.2 Å². The number of nitrogens with zero attached hydrogens (tertiary/aromatic N) is 1. The number of hydrogen-bond acceptors (Lipinski definition) is 6. The number of carbonyl (C=O) groups is 1. The smallest absolute Gasteiger partial charge is 0.268 e. The molecule has 376 valence electrons. The number of allylic oxidation sites excluding steroid dienone is 19. The molecule has 0 rings (SSSR count). The summed E-state index contributed by atoms with van der Waals surface area (Å²) >= 11 is 0. The Balaban J connectivity index is 4.49. The number of aliphatic hydroxyl groups excluding tert-OH is 1. The number of phosphoric ester groups is 1. The summed E-state index contributed by atoms with van der Waals surface area (Å²) in [5.41, 5.74) is 0. The number of carbonyl (C=O) groups excluding carboxylic acids is 1. The summed E-state index contributed by atoms with van der Waals surface area (Å²) in [6.07, 6.45) is 69.7. The molecule has 0 spiro atoms. The molecule has 3 unspecified atom stereocenters.